The number of aryl methyl sites for hydroxylation is 1. The van der Waals surface area contributed by atoms with Crippen LogP contribution in [0.25, 0.3) is 10.6 Å². The van der Waals surface area contributed by atoms with Crippen LogP contribution in [0, 0.1) is 13.8 Å². The molecular weight excluding hydrogens is 320 g/mol. The fourth-order valence-corrected chi connectivity index (χ4v) is 3.12. The molecule has 1 N–H and O–H groups in total. The molecule has 5 heteroatoms. The van der Waals surface area contributed by atoms with Crippen molar-refractivity contribution in [2.75, 3.05) is 12.4 Å². The Bertz CT molecular complexity index is 869. The van der Waals surface area contributed by atoms with E-state index in [0.29, 0.717) is 5.69 Å². The molecule has 1 amide bonds. The summed E-state index contributed by atoms with van der Waals surface area (Å²) in [6, 6.07) is 13.5. The second kappa shape index (κ2) is 6.84. The first-order valence-electron chi connectivity index (χ1n) is 7.56. The number of carbonyl (C=O) groups excluding carboxylic acids is 1. The Labute approximate surface area is 145 Å². The number of hydrogen-bond acceptors (Lipinski definition) is 4. The van der Waals surface area contributed by atoms with Gasteiger partial charge in [-0.1, -0.05) is 12.1 Å². The minimum Gasteiger partial charge on any atom is -0.497 e. The van der Waals surface area contributed by atoms with Gasteiger partial charge in [0.05, 0.1) is 7.11 Å². The summed E-state index contributed by atoms with van der Waals surface area (Å²) in [6.45, 7) is 4.02. The van der Waals surface area contributed by atoms with Crippen LogP contribution in [0.3, 0.4) is 0 Å². The highest BCUT2D eigenvalue weighted by Gasteiger charge is 2.13. The lowest BCUT2D eigenvalue weighted by atomic mass is 10.1. The Morgan fingerprint density at radius 2 is 1.88 bits per heavy atom. The van der Waals surface area contributed by atoms with Gasteiger partial charge in [0.2, 0.25) is 0 Å². The number of aromatic nitrogens is 1. The highest BCUT2D eigenvalue weighted by atomic mass is 32.1. The summed E-state index contributed by atoms with van der Waals surface area (Å²) < 4.78 is 5.15. The van der Waals surface area contributed by atoms with Gasteiger partial charge in [0, 0.05) is 16.6 Å². The van der Waals surface area contributed by atoms with Crippen molar-refractivity contribution in [3.63, 3.8) is 0 Å². The number of methoxy groups -OCH3 is 1. The number of benzene rings is 2. The lowest BCUT2D eigenvalue weighted by Gasteiger charge is -2.09. The van der Waals surface area contributed by atoms with Gasteiger partial charge in [0.25, 0.3) is 5.91 Å². The van der Waals surface area contributed by atoms with Crippen LogP contribution < -0.4 is 10.1 Å². The summed E-state index contributed by atoms with van der Waals surface area (Å²) in [5.41, 5.74) is 4.42. The second-order valence-electron chi connectivity index (χ2n) is 5.47. The molecule has 0 atom stereocenters. The van der Waals surface area contributed by atoms with E-state index in [1.807, 2.05) is 56.3 Å². The number of nitrogens with one attached hydrogen (secondary N) is 1. The molecule has 3 aromatic rings. The molecule has 1 aromatic heterocycles. The molecular formula is C19H18N2O2S. The van der Waals surface area contributed by atoms with E-state index in [-0.39, 0.29) is 5.91 Å². The molecule has 4 nitrogen and oxygen atoms in total. The molecule has 0 saturated carbocycles. The van der Waals surface area contributed by atoms with Crippen LogP contribution in [0.5, 0.6) is 5.75 Å². The van der Waals surface area contributed by atoms with Gasteiger partial charge in [-0.2, -0.15) is 0 Å². The first-order chi connectivity index (χ1) is 11.6. The van der Waals surface area contributed by atoms with Crippen LogP contribution >= 0.6 is 11.3 Å². The normalized spacial score (nSPS) is 10.5. The number of hydrogen-bond donors (Lipinski definition) is 1. The molecule has 0 bridgehead atoms. The third-order valence-electron chi connectivity index (χ3n) is 3.93. The van der Waals surface area contributed by atoms with Gasteiger partial charge in [-0.15, -0.1) is 11.3 Å². The molecule has 0 aliphatic carbocycles. The van der Waals surface area contributed by atoms with Crippen LogP contribution in [0.4, 0.5) is 5.69 Å². The van der Waals surface area contributed by atoms with Gasteiger partial charge in [-0.05, 0) is 55.3 Å². The minimum absolute atomic E-state index is 0.195. The number of carbonyl (C=O) groups is 1. The smallest absolute Gasteiger partial charge is 0.275 e. The monoisotopic (exact) mass is 338 g/mol. The van der Waals surface area contributed by atoms with Crippen LogP contribution in [0.15, 0.2) is 47.8 Å². The zero-order valence-corrected chi connectivity index (χ0v) is 14.6. The second-order valence-corrected chi connectivity index (χ2v) is 6.33. The third-order valence-corrected chi connectivity index (χ3v) is 4.82. The van der Waals surface area contributed by atoms with Gasteiger partial charge in [-0.25, -0.2) is 4.98 Å². The van der Waals surface area contributed by atoms with E-state index in [9.17, 15) is 4.79 Å². The molecule has 0 radical (unpaired) electrons. The predicted molar refractivity (Wildman–Crippen MR) is 98.0 cm³/mol. The SMILES string of the molecule is COc1ccc(-c2nc(C(=O)Nc3cccc(C)c3C)cs2)cc1. The number of amides is 1. The highest BCUT2D eigenvalue weighted by Crippen LogP contribution is 2.26. The summed E-state index contributed by atoms with van der Waals surface area (Å²) in [6.07, 6.45) is 0. The molecule has 2 aromatic carbocycles. The fraction of sp³-hybridized carbons (Fsp3) is 0.158. The lowest BCUT2D eigenvalue weighted by molar-refractivity contribution is 0.102. The van der Waals surface area contributed by atoms with Gasteiger partial charge >= 0.3 is 0 Å². The van der Waals surface area contributed by atoms with E-state index in [1.54, 1.807) is 12.5 Å². The molecule has 0 unspecified atom stereocenters. The maximum absolute atomic E-state index is 12.4. The molecule has 0 fully saturated rings. The van der Waals surface area contributed by atoms with Crippen molar-refractivity contribution in [3.05, 3.63) is 64.7 Å². The van der Waals surface area contributed by atoms with Crippen LogP contribution in [0.1, 0.15) is 21.6 Å². The summed E-state index contributed by atoms with van der Waals surface area (Å²) >= 11 is 1.45. The van der Waals surface area contributed by atoms with Crippen molar-refractivity contribution in [2.45, 2.75) is 13.8 Å². The fourth-order valence-electron chi connectivity index (χ4n) is 2.32. The van der Waals surface area contributed by atoms with E-state index >= 15 is 0 Å². The largest absolute Gasteiger partial charge is 0.497 e. The van der Waals surface area contributed by atoms with E-state index in [0.717, 1.165) is 33.1 Å². The molecule has 0 spiro atoms. The van der Waals surface area contributed by atoms with E-state index in [2.05, 4.69) is 10.3 Å². The molecule has 3 rings (SSSR count). The van der Waals surface area contributed by atoms with Crippen LogP contribution in [0.2, 0.25) is 0 Å². The average Bonchev–Trinajstić information content (AvgIpc) is 3.09. The first kappa shape index (κ1) is 16.2. The standard InChI is InChI=1S/C19H18N2O2S/c1-12-5-4-6-16(13(12)2)20-18(22)17-11-24-19(21-17)14-7-9-15(23-3)10-8-14/h4-11H,1-3H3,(H,20,22). The lowest BCUT2D eigenvalue weighted by Crippen LogP contribution is -2.13. The topological polar surface area (TPSA) is 51.2 Å². The van der Waals surface area contributed by atoms with Crippen LogP contribution in [-0.2, 0) is 0 Å². The van der Waals surface area contributed by atoms with Crippen LogP contribution in [-0.4, -0.2) is 18.0 Å². The number of anilines is 1. The number of nitrogens with zero attached hydrogens (tertiary/aromatic N) is 1. The molecule has 24 heavy (non-hydrogen) atoms. The molecule has 1 heterocycles. The summed E-state index contributed by atoms with van der Waals surface area (Å²) in [5.74, 6) is 0.600. The number of ether oxygens (including phenoxy) is 1. The molecule has 0 saturated heterocycles. The average molecular weight is 338 g/mol. The van der Waals surface area contributed by atoms with Crippen molar-refractivity contribution in [1.82, 2.24) is 4.98 Å². The van der Waals surface area contributed by atoms with E-state index < -0.39 is 0 Å². The summed E-state index contributed by atoms with van der Waals surface area (Å²) in [5, 5.41) is 5.52. The first-order valence-corrected chi connectivity index (χ1v) is 8.44. The Balaban J connectivity index is 1.79. The maximum Gasteiger partial charge on any atom is 0.275 e. The van der Waals surface area contributed by atoms with E-state index in [4.69, 9.17) is 4.74 Å². The Kier molecular flexibility index (Phi) is 4.62. The Morgan fingerprint density at radius 1 is 1.12 bits per heavy atom. The van der Waals surface area contributed by atoms with Crippen molar-refractivity contribution in [3.8, 4) is 16.3 Å². The quantitative estimate of drug-likeness (QED) is 0.751. The highest BCUT2D eigenvalue weighted by molar-refractivity contribution is 7.13. The zero-order chi connectivity index (χ0) is 17.1. The van der Waals surface area contributed by atoms with Gasteiger partial charge in [0.1, 0.15) is 16.5 Å². The van der Waals surface area contributed by atoms with E-state index in [1.165, 1.54) is 11.3 Å². The third kappa shape index (κ3) is 3.31. The van der Waals surface area contributed by atoms with Crippen molar-refractivity contribution in [2.24, 2.45) is 0 Å². The predicted octanol–water partition coefficient (Wildman–Crippen LogP) is 4.69. The van der Waals surface area contributed by atoms with Crippen molar-refractivity contribution >= 4 is 22.9 Å². The van der Waals surface area contributed by atoms with Crippen molar-refractivity contribution in [1.29, 1.82) is 0 Å². The van der Waals surface area contributed by atoms with Gasteiger partial charge < -0.3 is 10.1 Å². The molecule has 0 aliphatic heterocycles. The molecule has 0 aliphatic rings. The van der Waals surface area contributed by atoms with Gasteiger partial charge in [-0.3, -0.25) is 4.79 Å². The molecule has 122 valence electrons. The van der Waals surface area contributed by atoms with Gasteiger partial charge in [0.15, 0.2) is 0 Å². The summed E-state index contributed by atoms with van der Waals surface area (Å²) in [4.78, 5) is 16.9. The Morgan fingerprint density at radius 3 is 2.58 bits per heavy atom. The summed E-state index contributed by atoms with van der Waals surface area (Å²) in [7, 11) is 1.63. The van der Waals surface area contributed by atoms with Crippen molar-refractivity contribution < 1.29 is 9.53 Å². The Hall–Kier alpha value is -2.66. The zero-order valence-electron chi connectivity index (χ0n) is 13.8. The maximum atomic E-state index is 12.4. The number of rotatable bonds is 4. The minimum atomic E-state index is -0.195. The number of thiazole rings is 1.